The summed E-state index contributed by atoms with van der Waals surface area (Å²) in [5.74, 6) is -2.25. The van der Waals surface area contributed by atoms with Gasteiger partial charge in [-0.1, -0.05) is 12.1 Å². The molecular formula is C20H17F4NO4. The molecule has 154 valence electrons. The molecule has 0 fully saturated rings. The molecule has 9 heteroatoms. The van der Waals surface area contributed by atoms with Crippen LogP contribution in [0.25, 0.3) is 6.08 Å². The molecule has 1 atom stereocenters. The summed E-state index contributed by atoms with van der Waals surface area (Å²) in [6, 6.07) is 8.09. The second-order valence-corrected chi connectivity index (χ2v) is 5.87. The lowest BCUT2D eigenvalue weighted by Gasteiger charge is -2.13. The normalized spacial score (nSPS) is 12.5. The van der Waals surface area contributed by atoms with Gasteiger partial charge in [0.05, 0.1) is 12.7 Å². The van der Waals surface area contributed by atoms with Gasteiger partial charge < -0.3 is 14.8 Å². The van der Waals surface area contributed by atoms with Crippen molar-refractivity contribution in [3.63, 3.8) is 0 Å². The van der Waals surface area contributed by atoms with Gasteiger partial charge in [0.15, 0.2) is 17.7 Å². The highest BCUT2D eigenvalue weighted by molar-refractivity contribution is 5.96. The molecule has 0 unspecified atom stereocenters. The average Bonchev–Trinajstić information content (AvgIpc) is 2.66. The lowest BCUT2D eigenvalue weighted by molar-refractivity contribution is -0.148. The molecule has 0 spiro atoms. The molecule has 0 bridgehead atoms. The van der Waals surface area contributed by atoms with Gasteiger partial charge in [0.2, 0.25) is 0 Å². The molecule has 0 aliphatic heterocycles. The number of alkyl halides is 3. The summed E-state index contributed by atoms with van der Waals surface area (Å²) in [6.45, 7) is 1.27. The van der Waals surface area contributed by atoms with E-state index in [1.54, 1.807) is 0 Å². The molecule has 0 aliphatic carbocycles. The van der Waals surface area contributed by atoms with E-state index in [0.717, 1.165) is 30.3 Å². The number of benzene rings is 2. The molecule has 0 radical (unpaired) electrons. The summed E-state index contributed by atoms with van der Waals surface area (Å²) in [4.78, 5) is 23.9. The first-order valence-corrected chi connectivity index (χ1v) is 8.30. The number of rotatable bonds is 6. The van der Waals surface area contributed by atoms with Gasteiger partial charge in [-0.25, -0.2) is 9.18 Å². The smallest absolute Gasteiger partial charge is 0.416 e. The Kier molecular flexibility index (Phi) is 6.98. The van der Waals surface area contributed by atoms with Crippen molar-refractivity contribution in [2.24, 2.45) is 0 Å². The van der Waals surface area contributed by atoms with E-state index in [1.165, 1.54) is 38.3 Å². The fourth-order valence-electron chi connectivity index (χ4n) is 2.23. The van der Waals surface area contributed by atoms with Crippen LogP contribution < -0.4 is 10.1 Å². The second kappa shape index (κ2) is 9.22. The quantitative estimate of drug-likeness (QED) is 0.434. The minimum absolute atomic E-state index is 0.0459. The van der Waals surface area contributed by atoms with E-state index in [9.17, 15) is 27.2 Å². The van der Waals surface area contributed by atoms with Gasteiger partial charge in [0, 0.05) is 11.8 Å². The average molecular weight is 411 g/mol. The molecule has 1 N–H and O–H groups in total. The summed E-state index contributed by atoms with van der Waals surface area (Å²) >= 11 is 0. The molecule has 2 aromatic rings. The monoisotopic (exact) mass is 411 g/mol. The zero-order valence-corrected chi connectivity index (χ0v) is 15.4. The van der Waals surface area contributed by atoms with E-state index >= 15 is 0 Å². The first kappa shape index (κ1) is 21.9. The number of methoxy groups -OCH3 is 1. The Morgan fingerprint density at radius 1 is 1.14 bits per heavy atom. The Labute approximate surface area is 163 Å². The third-order valence-electron chi connectivity index (χ3n) is 3.71. The Morgan fingerprint density at radius 3 is 2.48 bits per heavy atom. The molecule has 5 nitrogen and oxygen atoms in total. The maximum Gasteiger partial charge on any atom is 0.416 e. The van der Waals surface area contributed by atoms with Crippen LogP contribution in [-0.4, -0.2) is 25.1 Å². The topological polar surface area (TPSA) is 64.6 Å². The van der Waals surface area contributed by atoms with Crippen LogP contribution in [0.5, 0.6) is 5.75 Å². The van der Waals surface area contributed by atoms with Gasteiger partial charge in [0.1, 0.15) is 0 Å². The van der Waals surface area contributed by atoms with Crippen LogP contribution in [0, 0.1) is 5.82 Å². The Balaban J connectivity index is 1.95. The van der Waals surface area contributed by atoms with E-state index < -0.39 is 35.5 Å². The lowest BCUT2D eigenvalue weighted by atomic mass is 10.2. The minimum atomic E-state index is -4.55. The van der Waals surface area contributed by atoms with E-state index in [2.05, 4.69) is 5.32 Å². The number of hydrogen-bond acceptors (Lipinski definition) is 4. The number of anilines is 1. The molecule has 2 rings (SSSR count). The van der Waals surface area contributed by atoms with Gasteiger partial charge in [0.25, 0.3) is 5.91 Å². The van der Waals surface area contributed by atoms with Crippen LogP contribution in [0.3, 0.4) is 0 Å². The number of ether oxygens (including phenoxy) is 2. The predicted octanol–water partition coefficient (Wildman–Crippen LogP) is 4.44. The van der Waals surface area contributed by atoms with Gasteiger partial charge in [-0.2, -0.15) is 13.2 Å². The lowest BCUT2D eigenvalue weighted by Crippen LogP contribution is -2.29. The first-order chi connectivity index (χ1) is 13.6. The Morgan fingerprint density at radius 2 is 1.86 bits per heavy atom. The Bertz CT molecular complexity index is 925. The van der Waals surface area contributed by atoms with E-state index in [-0.39, 0.29) is 11.4 Å². The van der Waals surface area contributed by atoms with Crippen molar-refractivity contribution < 1.29 is 36.6 Å². The van der Waals surface area contributed by atoms with Crippen LogP contribution in [0.1, 0.15) is 18.1 Å². The third-order valence-corrected chi connectivity index (χ3v) is 3.71. The van der Waals surface area contributed by atoms with Crippen LogP contribution in [0.4, 0.5) is 23.2 Å². The SMILES string of the molecule is COc1ccc(/C=C/C(=O)O[C@@H](C)C(=O)Nc2cccc(C(F)(F)F)c2)cc1F. The van der Waals surface area contributed by atoms with Gasteiger partial charge in [-0.3, -0.25) is 4.79 Å². The molecule has 29 heavy (non-hydrogen) atoms. The minimum Gasteiger partial charge on any atom is -0.494 e. The summed E-state index contributed by atoms with van der Waals surface area (Å²) in [5, 5.41) is 2.25. The summed E-state index contributed by atoms with van der Waals surface area (Å²) < 4.78 is 61.4. The molecular weight excluding hydrogens is 394 g/mol. The standard InChI is InChI=1S/C20H17F4NO4/c1-12(19(27)25-15-5-3-4-14(11-15)20(22,23)24)29-18(26)9-7-13-6-8-17(28-2)16(21)10-13/h3-12H,1-2H3,(H,25,27)/b9-7+/t12-/m0/s1. The van der Waals surface area contributed by atoms with E-state index in [4.69, 9.17) is 9.47 Å². The highest BCUT2D eigenvalue weighted by Gasteiger charge is 2.30. The van der Waals surface area contributed by atoms with Crippen LogP contribution >= 0.6 is 0 Å². The van der Waals surface area contributed by atoms with Crippen molar-refractivity contribution in [1.82, 2.24) is 0 Å². The Hall–Kier alpha value is -3.36. The molecule has 2 aromatic carbocycles. The van der Waals surface area contributed by atoms with Gasteiger partial charge >= 0.3 is 12.1 Å². The van der Waals surface area contributed by atoms with Gasteiger partial charge in [-0.15, -0.1) is 0 Å². The maximum atomic E-state index is 13.6. The molecule has 1 amide bonds. The molecule has 0 saturated heterocycles. The van der Waals surface area contributed by atoms with E-state index in [1.807, 2.05) is 0 Å². The van der Waals surface area contributed by atoms with Crippen LogP contribution in [-0.2, 0) is 20.5 Å². The molecule has 0 saturated carbocycles. The maximum absolute atomic E-state index is 13.6. The van der Waals surface area contributed by atoms with Crippen LogP contribution in [0.2, 0.25) is 0 Å². The highest BCUT2D eigenvalue weighted by Crippen LogP contribution is 2.30. The fourth-order valence-corrected chi connectivity index (χ4v) is 2.23. The fraction of sp³-hybridized carbons (Fsp3) is 0.200. The second-order valence-electron chi connectivity index (χ2n) is 5.87. The van der Waals surface area contributed by atoms with Crippen molar-refractivity contribution in [3.8, 4) is 5.75 Å². The molecule has 0 heterocycles. The van der Waals surface area contributed by atoms with Crippen molar-refractivity contribution in [2.45, 2.75) is 19.2 Å². The first-order valence-electron chi connectivity index (χ1n) is 8.30. The number of amides is 1. The largest absolute Gasteiger partial charge is 0.494 e. The van der Waals surface area contributed by atoms with Crippen molar-refractivity contribution >= 4 is 23.6 Å². The third kappa shape index (κ3) is 6.34. The zero-order chi connectivity index (χ0) is 21.6. The van der Waals surface area contributed by atoms with Crippen molar-refractivity contribution in [3.05, 3.63) is 65.5 Å². The summed E-state index contributed by atoms with van der Waals surface area (Å²) in [5.41, 5.74) is -0.645. The number of halogens is 4. The van der Waals surface area contributed by atoms with Crippen molar-refractivity contribution in [2.75, 3.05) is 12.4 Å². The zero-order valence-electron chi connectivity index (χ0n) is 15.4. The highest BCUT2D eigenvalue weighted by atomic mass is 19.4. The number of esters is 1. The number of carbonyl (C=O) groups is 2. The van der Waals surface area contributed by atoms with E-state index in [0.29, 0.717) is 5.56 Å². The number of carbonyl (C=O) groups excluding carboxylic acids is 2. The molecule has 0 aliphatic rings. The van der Waals surface area contributed by atoms with Crippen molar-refractivity contribution in [1.29, 1.82) is 0 Å². The molecule has 0 aromatic heterocycles. The summed E-state index contributed by atoms with van der Waals surface area (Å²) in [6.07, 6.45) is -3.54. The number of nitrogens with one attached hydrogen (secondary N) is 1. The summed E-state index contributed by atoms with van der Waals surface area (Å²) in [7, 11) is 1.32. The predicted molar refractivity (Wildman–Crippen MR) is 97.6 cm³/mol. The number of hydrogen-bond donors (Lipinski definition) is 1. The van der Waals surface area contributed by atoms with Gasteiger partial charge in [-0.05, 0) is 48.9 Å². The van der Waals surface area contributed by atoms with Crippen LogP contribution in [0.15, 0.2) is 48.5 Å².